The normalized spacial score (nSPS) is 35.4. The van der Waals surface area contributed by atoms with Crippen molar-refractivity contribution in [3.05, 3.63) is 53.6 Å². The third-order valence-corrected chi connectivity index (χ3v) is 7.84. The minimum Gasteiger partial charge on any atom is -0.461 e. The molecule has 4 aliphatic heterocycles. The number of cyclic esters (lactones) is 1. The third kappa shape index (κ3) is 3.01. The predicted molar refractivity (Wildman–Crippen MR) is 124 cm³/mol. The molecular formula is C25H27ClN2O6. The summed E-state index contributed by atoms with van der Waals surface area (Å²) in [6.45, 7) is 3.54. The summed E-state index contributed by atoms with van der Waals surface area (Å²) in [5.74, 6) is -3.18. The largest absolute Gasteiger partial charge is 0.461 e. The fourth-order valence-corrected chi connectivity index (χ4v) is 6.22. The fraction of sp³-hybridized carbons (Fsp3) is 0.480. The smallest absolute Gasteiger partial charge is 0.313 e. The maximum atomic E-state index is 14.2. The first-order valence-electron chi connectivity index (χ1n) is 11.5. The Balaban J connectivity index is 1.70. The average Bonchev–Trinajstić information content (AvgIpc) is 3.12. The number of ether oxygens (including phenoxy) is 2. The van der Waals surface area contributed by atoms with Crippen LogP contribution in [-0.4, -0.2) is 70.8 Å². The van der Waals surface area contributed by atoms with Crippen LogP contribution in [0.15, 0.2) is 48.6 Å². The first kappa shape index (κ1) is 23.1. The van der Waals surface area contributed by atoms with Crippen LogP contribution >= 0.6 is 11.6 Å². The molecule has 1 N–H and O–H groups in total. The monoisotopic (exact) mass is 486 g/mol. The molecule has 4 heterocycles. The number of rotatable bonds is 4. The van der Waals surface area contributed by atoms with Crippen molar-refractivity contribution in [1.82, 2.24) is 4.90 Å². The summed E-state index contributed by atoms with van der Waals surface area (Å²) in [7, 11) is 0. The maximum Gasteiger partial charge on any atom is 0.313 e. The molecule has 1 unspecified atom stereocenters. The maximum absolute atomic E-state index is 14.2. The molecule has 8 nitrogen and oxygen atoms in total. The van der Waals surface area contributed by atoms with E-state index in [9.17, 15) is 19.5 Å². The van der Waals surface area contributed by atoms with Crippen LogP contribution < -0.4 is 4.90 Å². The summed E-state index contributed by atoms with van der Waals surface area (Å²) in [6, 6.07) is 5.25. The second kappa shape index (κ2) is 8.22. The van der Waals surface area contributed by atoms with Crippen LogP contribution in [0, 0.1) is 11.8 Å². The van der Waals surface area contributed by atoms with Crippen LogP contribution in [0.25, 0.3) is 0 Å². The summed E-state index contributed by atoms with van der Waals surface area (Å²) in [5, 5.41) is 10.4. The Hall–Kier alpha value is -2.68. The van der Waals surface area contributed by atoms with Crippen molar-refractivity contribution in [3.8, 4) is 0 Å². The summed E-state index contributed by atoms with van der Waals surface area (Å²) in [5.41, 5.74) is -1.96. The lowest BCUT2D eigenvalue weighted by atomic mass is 9.73. The summed E-state index contributed by atoms with van der Waals surface area (Å²) < 4.78 is 12.1. The number of nitrogens with zero attached hydrogens (tertiary/aromatic N) is 2. The van der Waals surface area contributed by atoms with Crippen LogP contribution in [0.2, 0.25) is 5.02 Å². The van der Waals surface area contributed by atoms with E-state index >= 15 is 0 Å². The number of aliphatic hydroxyl groups is 1. The van der Waals surface area contributed by atoms with Gasteiger partial charge in [0.05, 0.1) is 29.3 Å². The van der Waals surface area contributed by atoms with Gasteiger partial charge in [-0.1, -0.05) is 48.9 Å². The Morgan fingerprint density at radius 3 is 2.62 bits per heavy atom. The van der Waals surface area contributed by atoms with Gasteiger partial charge >= 0.3 is 5.97 Å². The minimum absolute atomic E-state index is 0.101. The van der Waals surface area contributed by atoms with Crippen molar-refractivity contribution < 1.29 is 29.0 Å². The van der Waals surface area contributed by atoms with E-state index in [0.29, 0.717) is 17.1 Å². The van der Waals surface area contributed by atoms with Crippen LogP contribution in [0.3, 0.4) is 0 Å². The summed E-state index contributed by atoms with van der Waals surface area (Å²) in [4.78, 5) is 44.2. The molecule has 6 atom stereocenters. The molecule has 0 bridgehead atoms. The highest BCUT2D eigenvalue weighted by Crippen LogP contribution is 2.58. The van der Waals surface area contributed by atoms with Gasteiger partial charge in [-0.3, -0.25) is 14.4 Å². The van der Waals surface area contributed by atoms with Gasteiger partial charge in [-0.2, -0.15) is 0 Å². The molecule has 180 valence electrons. The van der Waals surface area contributed by atoms with E-state index in [1.807, 2.05) is 6.92 Å². The summed E-state index contributed by atoms with van der Waals surface area (Å²) >= 11 is 6.42. The van der Waals surface area contributed by atoms with Crippen LogP contribution in [0.1, 0.15) is 20.3 Å². The van der Waals surface area contributed by atoms with E-state index in [4.69, 9.17) is 21.1 Å². The van der Waals surface area contributed by atoms with Crippen molar-refractivity contribution in [2.24, 2.45) is 11.8 Å². The second-order valence-corrected chi connectivity index (χ2v) is 9.64. The lowest BCUT2D eigenvalue weighted by molar-refractivity contribution is -0.158. The number of carbonyl (C=O) groups is 3. The molecule has 0 aromatic heterocycles. The zero-order valence-corrected chi connectivity index (χ0v) is 19.8. The number of halogens is 1. The van der Waals surface area contributed by atoms with Gasteiger partial charge in [0.25, 0.3) is 5.91 Å². The number of amides is 2. The molecule has 5 rings (SSSR count). The van der Waals surface area contributed by atoms with Crippen LogP contribution in [0.4, 0.5) is 5.69 Å². The lowest BCUT2D eigenvalue weighted by Crippen LogP contribution is -2.58. The molecule has 9 heteroatoms. The van der Waals surface area contributed by atoms with Crippen molar-refractivity contribution in [3.63, 3.8) is 0 Å². The molecule has 1 spiro atoms. The number of hydrogen-bond donors (Lipinski definition) is 1. The Morgan fingerprint density at radius 2 is 1.91 bits per heavy atom. The number of fused-ring (bicyclic) bond motifs is 2. The highest BCUT2D eigenvalue weighted by atomic mass is 35.5. The van der Waals surface area contributed by atoms with Crippen molar-refractivity contribution in [2.45, 2.75) is 43.6 Å². The number of aliphatic hydroxyl groups excluding tert-OH is 1. The van der Waals surface area contributed by atoms with Gasteiger partial charge in [0.15, 0.2) is 0 Å². The number of carbonyl (C=O) groups excluding carboxylic acids is 3. The van der Waals surface area contributed by atoms with E-state index in [1.54, 1.807) is 55.5 Å². The highest BCUT2D eigenvalue weighted by molar-refractivity contribution is 6.34. The Morgan fingerprint density at radius 1 is 1.15 bits per heavy atom. The van der Waals surface area contributed by atoms with Gasteiger partial charge in [-0.25, -0.2) is 0 Å². The van der Waals surface area contributed by atoms with E-state index in [0.717, 1.165) is 0 Å². The average molecular weight is 487 g/mol. The Kier molecular flexibility index (Phi) is 5.58. The predicted octanol–water partition coefficient (Wildman–Crippen LogP) is 2.10. The first-order valence-corrected chi connectivity index (χ1v) is 11.9. The number of hydrogen-bond acceptors (Lipinski definition) is 6. The molecule has 0 aliphatic carbocycles. The molecule has 34 heavy (non-hydrogen) atoms. The van der Waals surface area contributed by atoms with Crippen LogP contribution in [-0.2, 0) is 23.9 Å². The van der Waals surface area contributed by atoms with Gasteiger partial charge in [0.2, 0.25) is 5.91 Å². The number of anilines is 1. The number of likely N-dealkylation sites (tertiary alicyclic amines) is 1. The Bertz CT molecular complexity index is 1100. The molecule has 2 fully saturated rings. The van der Waals surface area contributed by atoms with E-state index in [-0.39, 0.29) is 25.7 Å². The molecule has 1 aromatic carbocycles. The number of para-hydroxylation sites is 1. The number of esters is 1. The van der Waals surface area contributed by atoms with Gasteiger partial charge in [-0.05, 0) is 31.6 Å². The quantitative estimate of drug-likeness (QED) is 0.517. The van der Waals surface area contributed by atoms with E-state index in [2.05, 4.69) is 0 Å². The molecule has 4 aliphatic rings. The van der Waals surface area contributed by atoms with Crippen molar-refractivity contribution >= 4 is 35.1 Å². The molecule has 0 saturated carbocycles. The number of benzene rings is 1. The first-order chi connectivity index (χ1) is 16.3. The van der Waals surface area contributed by atoms with Crippen molar-refractivity contribution in [2.75, 3.05) is 24.7 Å². The molecular weight excluding hydrogens is 460 g/mol. The molecule has 0 radical (unpaired) electrons. The van der Waals surface area contributed by atoms with E-state index < -0.39 is 47.0 Å². The standard InChI is InChI=1S/C25H27ClN2O6/c1-3-24-10-7-13-33-23(32)19(24)18-21(30)28(15(2)14-29)20-22(31)27(12-6-11-25(18,20)34-24)17-9-5-4-8-16(17)26/h4-11,15,18-20,29H,3,12-14H2,1-2H3/t15-,18+,19-,20?,24+,25+/m1/s1. The fourth-order valence-electron chi connectivity index (χ4n) is 5.98. The topological polar surface area (TPSA) is 96.4 Å². The lowest BCUT2D eigenvalue weighted by Gasteiger charge is -2.39. The molecule has 1 aromatic rings. The van der Waals surface area contributed by atoms with Crippen molar-refractivity contribution in [1.29, 1.82) is 0 Å². The minimum atomic E-state index is -1.39. The van der Waals surface area contributed by atoms with Gasteiger partial charge in [0.1, 0.15) is 29.8 Å². The van der Waals surface area contributed by atoms with E-state index in [1.165, 1.54) is 9.80 Å². The third-order valence-electron chi connectivity index (χ3n) is 7.52. The van der Waals surface area contributed by atoms with Gasteiger partial charge < -0.3 is 24.4 Å². The van der Waals surface area contributed by atoms with Gasteiger partial charge in [-0.15, -0.1) is 0 Å². The van der Waals surface area contributed by atoms with Crippen LogP contribution in [0.5, 0.6) is 0 Å². The SMILES string of the molecule is CC[C@]12C=CCOC(=O)[C@H]1[C@H]1C(=O)N([C@H](C)CO)C3C(=O)N(c4ccccc4Cl)CC=C[C@@]31O2. The second-order valence-electron chi connectivity index (χ2n) is 9.23. The highest BCUT2D eigenvalue weighted by Gasteiger charge is 2.75. The summed E-state index contributed by atoms with van der Waals surface area (Å²) in [6.07, 6.45) is 7.50. The zero-order chi connectivity index (χ0) is 24.3. The molecule has 2 amide bonds. The molecule has 2 saturated heterocycles. The zero-order valence-electron chi connectivity index (χ0n) is 19.0. The van der Waals surface area contributed by atoms with Gasteiger partial charge in [0, 0.05) is 6.54 Å². The Labute approximate surface area is 202 Å².